The first-order valence-electron chi connectivity index (χ1n) is 12.1. The van der Waals surface area contributed by atoms with Crippen molar-refractivity contribution in [2.45, 2.75) is 43.7 Å². The molecule has 0 saturated carbocycles. The zero-order valence-corrected chi connectivity index (χ0v) is 22.7. The molecule has 9 nitrogen and oxygen atoms in total. The number of carbonyl (C=O) groups is 1. The summed E-state index contributed by atoms with van der Waals surface area (Å²) in [4.78, 5) is 12.0. The van der Waals surface area contributed by atoms with Crippen LogP contribution in [-0.2, 0) is 28.4 Å². The number of nitrogens with zero attached hydrogens (tertiary/aromatic N) is 4. The Balaban J connectivity index is 1.56. The van der Waals surface area contributed by atoms with Gasteiger partial charge < -0.3 is 9.84 Å². The van der Waals surface area contributed by atoms with Crippen LogP contribution in [0.5, 0.6) is 5.75 Å². The summed E-state index contributed by atoms with van der Waals surface area (Å²) in [6.07, 6.45) is -0.537. The zero-order valence-electron chi connectivity index (χ0n) is 21.1. The molecule has 0 saturated heterocycles. The molecule has 2 unspecified atom stereocenters. The van der Waals surface area contributed by atoms with E-state index in [-0.39, 0.29) is 30.5 Å². The molecular weight excluding hydrogens is 528 g/mol. The normalized spacial score (nSPS) is 17.9. The second-order valence-corrected chi connectivity index (χ2v) is 11.8. The molecule has 1 aliphatic rings. The molecular formula is C27H27ClN4O5S. The Morgan fingerprint density at radius 2 is 1.97 bits per heavy atom. The Morgan fingerprint density at radius 1 is 1.21 bits per heavy atom. The molecule has 198 valence electrons. The molecule has 2 atom stereocenters. The van der Waals surface area contributed by atoms with Gasteiger partial charge in [0, 0.05) is 24.5 Å². The van der Waals surface area contributed by atoms with E-state index in [4.69, 9.17) is 16.3 Å². The molecule has 0 amide bonds. The summed E-state index contributed by atoms with van der Waals surface area (Å²) in [6, 6.07) is 15.6. The second-order valence-electron chi connectivity index (χ2n) is 9.53. The van der Waals surface area contributed by atoms with Crippen molar-refractivity contribution in [3.05, 3.63) is 81.9 Å². The molecule has 1 aromatic heterocycles. The SMILES string of the molecule is Cc1c(C(CC(=O)O)c2ccc(Cl)c(CN3CC(C)Oc4ccccc4S3(=O)=O)c2)ccc2c1nnn2C. The van der Waals surface area contributed by atoms with E-state index in [1.807, 2.05) is 26.0 Å². The smallest absolute Gasteiger partial charge is 0.304 e. The van der Waals surface area contributed by atoms with Crippen molar-refractivity contribution in [2.75, 3.05) is 6.54 Å². The number of benzene rings is 3. The Labute approximate surface area is 225 Å². The minimum atomic E-state index is -3.86. The van der Waals surface area contributed by atoms with Gasteiger partial charge in [-0.05, 0) is 60.4 Å². The first-order chi connectivity index (χ1) is 18.1. The van der Waals surface area contributed by atoms with Crippen LogP contribution in [0.2, 0.25) is 5.02 Å². The summed E-state index contributed by atoms with van der Waals surface area (Å²) in [7, 11) is -2.06. The zero-order chi connectivity index (χ0) is 27.2. The average Bonchev–Trinajstić information content (AvgIpc) is 3.21. The molecule has 38 heavy (non-hydrogen) atoms. The summed E-state index contributed by atoms with van der Waals surface area (Å²) in [5.41, 5.74) is 4.50. The van der Waals surface area contributed by atoms with E-state index in [1.165, 1.54) is 10.4 Å². The Kier molecular flexibility index (Phi) is 6.89. The first-order valence-corrected chi connectivity index (χ1v) is 13.9. The molecule has 1 aliphatic heterocycles. The van der Waals surface area contributed by atoms with E-state index in [0.717, 1.165) is 22.2 Å². The number of aliphatic carboxylic acids is 1. The van der Waals surface area contributed by atoms with E-state index in [0.29, 0.717) is 21.9 Å². The van der Waals surface area contributed by atoms with E-state index >= 15 is 0 Å². The van der Waals surface area contributed by atoms with Gasteiger partial charge in [0.1, 0.15) is 22.3 Å². The van der Waals surface area contributed by atoms with E-state index in [9.17, 15) is 18.3 Å². The standard InChI is InChI=1S/C27H27ClN4O5S/c1-16-14-32(38(35,36)25-7-5-4-6-24(25)37-16)15-19-12-18(8-10-22(19)28)21(13-26(33)34)20-9-11-23-27(17(20)2)29-30-31(23)3/h4-12,16,21H,13-15H2,1-3H3,(H,33,34). The lowest BCUT2D eigenvalue weighted by atomic mass is 9.85. The highest BCUT2D eigenvalue weighted by Crippen LogP contribution is 2.36. The van der Waals surface area contributed by atoms with Crippen LogP contribution < -0.4 is 4.74 Å². The fraction of sp³-hybridized carbons (Fsp3) is 0.296. The lowest BCUT2D eigenvalue weighted by molar-refractivity contribution is -0.137. The van der Waals surface area contributed by atoms with Crippen LogP contribution >= 0.6 is 11.6 Å². The van der Waals surface area contributed by atoms with Gasteiger partial charge in [0.2, 0.25) is 10.0 Å². The van der Waals surface area contributed by atoms with E-state index < -0.39 is 21.9 Å². The number of fused-ring (bicyclic) bond motifs is 2. The maximum atomic E-state index is 13.6. The van der Waals surface area contributed by atoms with Crippen molar-refractivity contribution in [3.8, 4) is 5.75 Å². The van der Waals surface area contributed by atoms with Crippen molar-refractivity contribution in [1.82, 2.24) is 19.3 Å². The molecule has 11 heteroatoms. The highest BCUT2D eigenvalue weighted by molar-refractivity contribution is 7.89. The Hall–Kier alpha value is -3.47. The number of hydrogen-bond donors (Lipinski definition) is 1. The average molecular weight is 555 g/mol. The second kappa shape index (κ2) is 10.0. The van der Waals surface area contributed by atoms with Crippen LogP contribution in [0.1, 0.15) is 41.5 Å². The molecule has 3 aromatic carbocycles. The minimum Gasteiger partial charge on any atom is -0.488 e. The van der Waals surface area contributed by atoms with Crippen molar-refractivity contribution >= 4 is 38.6 Å². The van der Waals surface area contributed by atoms with Crippen molar-refractivity contribution in [1.29, 1.82) is 0 Å². The largest absolute Gasteiger partial charge is 0.488 e. The summed E-state index contributed by atoms with van der Waals surface area (Å²) >= 11 is 6.56. The monoisotopic (exact) mass is 554 g/mol. The van der Waals surface area contributed by atoms with Gasteiger partial charge in [0.25, 0.3) is 0 Å². The summed E-state index contributed by atoms with van der Waals surface area (Å²) in [5.74, 6) is -1.14. The van der Waals surface area contributed by atoms with Crippen LogP contribution in [0.25, 0.3) is 11.0 Å². The molecule has 0 bridgehead atoms. The summed E-state index contributed by atoms with van der Waals surface area (Å²) in [6.45, 7) is 3.87. The van der Waals surface area contributed by atoms with Crippen LogP contribution in [0, 0.1) is 6.92 Å². The van der Waals surface area contributed by atoms with Gasteiger partial charge in [-0.3, -0.25) is 4.79 Å². The van der Waals surface area contributed by atoms with E-state index in [1.54, 1.807) is 48.1 Å². The highest BCUT2D eigenvalue weighted by atomic mass is 35.5. The lowest BCUT2D eigenvalue weighted by Crippen LogP contribution is -2.35. The fourth-order valence-corrected chi connectivity index (χ4v) is 6.81. The van der Waals surface area contributed by atoms with Crippen LogP contribution in [0.15, 0.2) is 59.5 Å². The summed E-state index contributed by atoms with van der Waals surface area (Å²) in [5, 5.41) is 18.5. The molecule has 0 aliphatic carbocycles. The molecule has 5 rings (SSSR count). The number of hydrogen-bond acceptors (Lipinski definition) is 6. The van der Waals surface area contributed by atoms with Gasteiger partial charge in [-0.2, -0.15) is 4.31 Å². The molecule has 0 spiro atoms. The quantitative estimate of drug-likeness (QED) is 0.373. The van der Waals surface area contributed by atoms with E-state index in [2.05, 4.69) is 10.3 Å². The molecule has 2 heterocycles. The van der Waals surface area contributed by atoms with Crippen molar-refractivity contribution in [3.63, 3.8) is 0 Å². The predicted octanol–water partition coefficient (Wildman–Crippen LogP) is 4.51. The van der Waals surface area contributed by atoms with Gasteiger partial charge >= 0.3 is 5.97 Å². The lowest BCUT2D eigenvalue weighted by Gasteiger charge is -2.24. The van der Waals surface area contributed by atoms with Gasteiger partial charge in [-0.25, -0.2) is 13.1 Å². The minimum absolute atomic E-state index is 0.0129. The number of halogens is 1. The number of aryl methyl sites for hydroxylation is 2. The molecule has 0 fully saturated rings. The number of sulfonamides is 1. The number of carboxylic acid groups (broad SMARTS) is 1. The summed E-state index contributed by atoms with van der Waals surface area (Å²) < 4.78 is 36.0. The Bertz CT molecular complexity index is 1650. The maximum Gasteiger partial charge on any atom is 0.304 e. The number of rotatable bonds is 6. The molecule has 1 N–H and O–H groups in total. The van der Waals surface area contributed by atoms with Gasteiger partial charge in [-0.1, -0.05) is 47.1 Å². The number of carboxylic acids is 1. The van der Waals surface area contributed by atoms with Gasteiger partial charge in [0.15, 0.2) is 0 Å². The Morgan fingerprint density at radius 3 is 2.74 bits per heavy atom. The van der Waals surface area contributed by atoms with Gasteiger partial charge in [0.05, 0.1) is 18.5 Å². The van der Waals surface area contributed by atoms with Crippen LogP contribution in [0.3, 0.4) is 0 Å². The topological polar surface area (TPSA) is 115 Å². The molecule has 0 radical (unpaired) electrons. The number of para-hydroxylation sites is 1. The predicted molar refractivity (Wildman–Crippen MR) is 143 cm³/mol. The highest BCUT2D eigenvalue weighted by Gasteiger charge is 2.34. The van der Waals surface area contributed by atoms with Gasteiger partial charge in [-0.15, -0.1) is 5.10 Å². The number of ether oxygens (including phenoxy) is 1. The third-order valence-corrected chi connectivity index (χ3v) is 9.13. The molecule has 4 aromatic rings. The van der Waals surface area contributed by atoms with Crippen LogP contribution in [0.4, 0.5) is 0 Å². The maximum absolute atomic E-state index is 13.6. The van der Waals surface area contributed by atoms with Crippen molar-refractivity contribution in [2.24, 2.45) is 7.05 Å². The fourth-order valence-electron chi connectivity index (χ4n) is 5.02. The van der Waals surface area contributed by atoms with Crippen LogP contribution in [-0.4, -0.2) is 51.4 Å². The van der Waals surface area contributed by atoms with Crippen molar-refractivity contribution < 1.29 is 23.1 Å². The third kappa shape index (κ3) is 4.75. The number of aromatic nitrogens is 3. The third-order valence-electron chi connectivity index (χ3n) is 6.91. The first kappa shape index (κ1) is 26.1.